The van der Waals surface area contributed by atoms with Crippen LogP contribution in [-0.2, 0) is 7.05 Å². The van der Waals surface area contributed by atoms with Crippen molar-refractivity contribution in [1.29, 1.82) is 0 Å². The second-order valence-corrected chi connectivity index (χ2v) is 8.14. The van der Waals surface area contributed by atoms with Crippen LogP contribution in [0.3, 0.4) is 0 Å². The highest BCUT2D eigenvalue weighted by Crippen LogP contribution is 2.29. The summed E-state index contributed by atoms with van der Waals surface area (Å²) >= 11 is 0. The molecule has 4 aromatic rings. The van der Waals surface area contributed by atoms with E-state index in [9.17, 15) is 14.0 Å². The maximum Gasteiger partial charge on any atom is 0.326 e. The number of aromatic nitrogens is 4. The highest BCUT2D eigenvalue weighted by atomic mass is 19.1. The Kier molecular flexibility index (Phi) is 6.01. The maximum atomic E-state index is 14.7. The second kappa shape index (κ2) is 8.93. The SMILES string of the molecule is CNc1ncc2cc(-c3cc(NC(=O)Nc4cc(C(C)C)no4)c(F)cc3C)c(=O)n(C)c2n1. The van der Waals surface area contributed by atoms with Crippen molar-refractivity contribution in [3.63, 3.8) is 0 Å². The third-order valence-electron chi connectivity index (χ3n) is 5.38. The molecule has 0 fully saturated rings. The van der Waals surface area contributed by atoms with Crippen LogP contribution in [-0.4, -0.2) is 32.8 Å². The van der Waals surface area contributed by atoms with Gasteiger partial charge in [-0.05, 0) is 42.2 Å². The first-order valence-corrected chi connectivity index (χ1v) is 10.6. The number of rotatable bonds is 5. The van der Waals surface area contributed by atoms with Crippen molar-refractivity contribution in [2.45, 2.75) is 26.7 Å². The van der Waals surface area contributed by atoms with Crippen LogP contribution in [0.15, 0.2) is 39.8 Å². The van der Waals surface area contributed by atoms with Gasteiger partial charge in [0.2, 0.25) is 11.8 Å². The van der Waals surface area contributed by atoms with Crippen molar-refractivity contribution in [2.75, 3.05) is 23.0 Å². The molecule has 3 N–H and O–H groups in total. The van der Waals surface area contributed by atoms with E-state index in [0.717, 1.165) is 0 Å². The quantitative estimate of drug-likeness (QED) is 0.402. The predicted molar refractivity (Wildman–Crippen MR) is 128 cm³/mol. The third kappa shape index (κ3) is 4.32. The van der Waals surface area contributed by atoms with Crippen LogP contribution in [0, 0.1) is 12.7 Å². The summed E-state index contributed by atoms with van der Waals surface area (Å²) in [6.45, 7) is 5.57. The van der Waals surface area contributed by atoms with Gasteiger partial charge in [0.25, 0.3) is 5.56 Å². The molecule has 1 aromatic carbocycles. The number of pyridine rings is 1. The zero-order chi connectivity index (χ0) is 24.6. The van der Waals surface area contributed by atoms with Crippen molar-refractivity contribution in [1.82, 2.24) is 19.7 Å². The first-order valence-electron chi connectivity index (χ1n) is 10.6. The number of hydrogen-bond donors (Lipinski definition) is 3. The molecule has 0 saturated carbocycles. The number of amides is 2. The fourth-order valence-corrected chi connectivity index (χ4v) is 3.50. The van der Waals surface area contributed by atoms with Crippen LogP contribution >= 0.6 is 0 Å². The number of aryl methyl sites for hydroxylation is 2. The molecule has 0 bridgehead atoms. The predicted octanol–water partition coefficient (Wildman–Crippen LogP) is 4.24. The van der Waals surface area contributed by atoms with Gasteiger partial charge in [0, 0.05) is 37.3 Å². The highest BCUT2D eigenvalue weighted by Gasteiger charge is 2.17. The Hall–Kier alpha value is -4.28. The molecule has 176 valence electrons. The van der Waals surface area contributed by atoms with E-state index < -0.39 is 11.8 Å². The van der Waals surface area contributed by atoms with Crippen LogP contribution in [0.25, 0.3) is 22.2 Å². The van der Waals surface area contributed by atoms with Gasteiger partial charge < -0.3 is 15.2 Å². The summed E-state index contributed by atoms with van der Waals surface area (Å²) in [6, 6.07) is 5.24. The maximum absolute atomic E-state index is 14.7. The molecule has 3 heterocycles. The lowest BCUT2D eigenvalue weighted by Gasteiger charge is -2.13. The largest absolute Gasteiger partial charge is 0.357 e. The molecule has 0 spiro atoms. The molecular weight excluding hydrogens is 441 g/mol. The molecule has 2 amide bonds. The molecule has 10 nitrogen and oxygen atoms in total. The zero-order valence-electron chi connectivity index (χ0n) is 19.4. The van der Waals surface area contributed by atoms with Crippen molar-refractivity contribution in [3.8, 4) is 11.1 Å². The molecule has 4 rings (SSSR count). The van der Waals surface area contributed by atoms with Gasteiger partial charge in [-0.15, -0.1) is 0 Å². The summed E-state index contributed by atoms with van der Waals surface area (Å²) in [6.07, 6.45) is 1.60. The summed E-state index contributed by atoms with van der Waals surface area (Å²) in [7, 11) is 3.29. The second-order valence-electron chi connectivity index (χ2n) is 8.14. The van der Waals surface area contributed by atoms with E-state index in [2.05, 4.69) is 31.1 Å². The van der Waals surface area contributed by atoms with Gasteiger partial charge in [0.05, 0.1) is 11.4 Å². The monoisotopic (exact) mass is 465 g/mol. The van der Waals surface area contributed by atoms with E-state index in [1.54, 1.807) is 39.3 Å². The zero-order valence-corrected chi connectivity index (χ0v) is 19.4. The van der Waals surface area contributed by atoms with E-state index in [1.165, 1.54) is 16.7 Å². The first kappa shape index (κ1) is 22.9. The molecule has 0 aliphatic heterocycles. The lowest BCUT2D eigenvalue weighted by molar-refractivity contribution is 0.261. The summed E-state index contributed by atoms with van der Waals surface area (Å²) in [5.41, 5.74) is 2.05. The number of benzene rings is 1. The minimum Gasteiger partial charge on any atom is -0.357 e. The normalized spacial score (nSPS) is 11.1. The highest BCUT2D eigenvalue weighted by molar-refractivity contribution is 5.99. The summed E-state index contributed by atoms with van der Waals surface area (Å²) in [5.74, 6) is 0.00645. The topological polar surface area (TPSA) is 127 Å². The molecule has 3 aromatic heterocycles. The average molecular weight is 465 g/mol. The van der Waals surface area contributed by atoms with Gasteiger partial charge in [-0.3, -0.25) is 14.7 Å². The fraction of sp³-hybridized carbons (Fsp3) is 0.261. The van der Waals surface area contributed by atoms with Crippen molar-refractivity contribution < 1.29 is 13.7 Å². The Morgan fingerprint density at radius 1 is 1.15 bits per heavy atom. The summed E-state index contributed by atoms with van der Waals surface area (Å²) in [4.78, 5) is 34.1. The van der Waals surface area contributed by atoms with E-state index in [0.29, 0.717) is 39.4 Å². The van der Waals surface area contributed by atoms with E-state index >= 15 is 0 Å². The number of halogens is 1. The molecule has 0 aliphatic rings. The number of nitrogens with zero attached hydrogens (tertiary/aromatic N) is 4. The van der Waals surface area contributed by atoms with Crippen LogP contribution in [0.2, 0.25) is 0 Å². The average Bonchev–Trinajstić information content (AvgIpc) is 3.27. The molecule has 0 unspecified atom stereocenters. The lowest BCUT2D eigenvalue weighted by atomic mass is 9.99. The first-order chi connectivity index (χ1) is 16.2. The van der Waals surface area contributed by atoms with E-state index in [-0.39, 0.29) is 23.0 Å². The molecule has 11 heteroatoms. The molecular formula is C23H24FN7O3. The number of urea groups is 1. The molecule has 0 atom stereocenters. The van der Waals surface area contributed by atoms with E-state index in [1.807, 2.05) is 13.8 Å². The summed E-state index contributed by atoms with van der Waals surface area (Å²) in [5, 5.41) is 12.3. The molecule has 0 radical (unpaired) electrons. The fourth-order valence-electron chi connectivity index (χ4n) is 3.50. The minimum atomic E-state index is -0.709. The van der Waals surface area contributed by atoms with Gasteiger partial charge in [0.15, 0.2) is 0 Å². The van der Waals surface area contributed by atoms with Crippen LogP contribution < -0.4 is 21.5 Å². The van der Waals surface area contributed by atoms with Crippen molar-refractivity contribution >= 4 is 34.6 Å². The van der Waals surface area contributed by atoms with Gasteiger partial charge in [-0.25, -0.2) is 14.2 Å². The van der Waals surface area contributed by atoms with Gasteiger partial charge in [-0.2, -0.15) is 4.98 Å². The van der Waals surface area contributed by atoms with Crippen molar-refractivity contribution in [2.24, 2.45) is 7.05 Å². The Labute approximate surface area is 194 Å². The Bertz CT molecular complexity index is 1460. The Morgan fingerprint density at radius 2 is 1.91 bits per heavy atom. The number of hydrogen-bond acceptors (Lipinski definition) is 7. The van der Waals surface area contributed by atoms with Crippen LogP contribution in [0.5, 0.6) is 0 Å². The number of nitrogens with one attached hydrogen (secondary N) is 3. The molecule has 34 heavy (non-hydrogen) atoms. The van der Waals surface area contributed by atoms with Gasteiger partial charge >= 0.3 is 6.03 Å². The Morgan fingerprint density at radius 3 is 2.59 bits per heavy atom. The summed E-state index contributed by atoms with van der Waals surface area (Å²) < 4.78 is 21.2. The third-order valence-corrected chi connectivity index (χ3v) is 5.38. The van der Waals surface area contributed by atoms with Crippen molar-refractivity contribution in [3.05, 3.63) is 57.9 Å². The minimum absolute atomic E-state index is 0.0920. The number of fused-ring (bicyclic) bond motifs is 1. The number of carbonyl (C=O) groups is 1. The van der Waals surface area contributed by atoms with E-state index in [4.69, 9.17) is 4.52 Å². The number of anilines is 3. The van der Waals surface area contributed by atoms with Gasteiger partial charge in [0.1, 0.15) is 11.5 Å². The standard InChI is InChI=1S/C23H24FN7O3/c1-11(2)17-9-19(34-30-17)28-23(33)27-18-8-14(12(3)6-16(18)24)15-7-13-10-26-22(25-4)29-20(13)31(5)21(15)32/h6-11H,1-5H3,(H,25,26,29)(H2,27,28,33). The van der Waals surface area contributed by atoms with Gasteiger partial charge in [-0.1, -0.05) is 19.0 Å². The van der Waals surface area contributed by atoms with Crippen LogP contribution in [0.4, 0.5) is 26.7 Å². The smallest absolute Gasteiger partial charge is 0.326 e. The number of carbonyl (C=O) groups excluding carboxylic acids is 1. The Balaban J connectivity index is 1.69. The molecule has 0 aliphatic carbocycles. The molecule has 0 saturated heterocycles. The lowest BCUT2D eigenvalue weighted by Crippen LogP contribution is -2.21. The van der Waals surface area contributed by atoms with Crippen LogP contribution in [0.1, 0.15) is 31.0 Å².